The van der Waals surface area contributed by atoms with Crippen LogP contribution in [0.3, 0.4) is 0 Å². The van der Waals surface area contributed by atoms with Gasteiger partial charge in [0.25, 0.3) is 0 Å². The largest absolute Gasteiger partial charge is 0.497 e. The maximum Gasteiger partial charge on any atom is 0.230 e. The number of ether oxygens (including phenoxy) is 2. The minimum absolute atomic E-state index is 0.0385. The molecule has 0 saturated heterocycles. The Morgan fingerprint density at radius 2 is 1.84 bits per heavy atom. The first-order chi connectivity index (χ1) is 15.4. The number of rotatable bonds is 10. The molecule has 0 saturated carbocycles. The second-order valence-corrected chi connectivity index (χ2v) is 8.35. The highest BCUT2D eigenvalue weighted by molar-refractivity contribution is 7.99. The topological polar surface area (TPSA) is 78.3 Å². The lowest BCUT2D eigenvalue weighted by Gasteiger charge is -2.19. The average Bonchev–Trinajstić information content (AvgIpc) is 3.22. The molecule has 170 valence electrons. The lowest BCUT2D eigenvalue weighted by atomic mass is 10.2. The maximum absolute atomic E-state index is 14.0. The summed E-state index contributed by atoms with van der Waals surface area (Å²) in [6.45, 7) is 6.22. The van der Waals surface area contributed by atoms with E-state index in [0.717, 1.165) is 11.3 Å². The first-order valence-electron chi connectivity index (χ1n) is 10.3. The van der Waals surface area contributed by atoms with Crippen LogP contribution in [-0.4, -0.2) is 33.5 Å². The van der Waals surface area contributed by atoms with Gasteiger partial charge in [0.15, 0.2) is 28.7 Å². The van der Waals surface area contributed by atoms with Crippen molar-refractivity contribution >= 4 is 17.7 Å². The molecule has 32 heavy (non-hydrogen) atoms. The lowest BCUT2D eigenvalue weighted by molar-refractivity contribution is -0.118. The zero-order valence-corrected chi connectivity index (χ0v) is 19.4. The summed E-state index contributed by atoms with van der Waals surface area (Å²) in [6.07, 6.45) is -0.514. The predicted molar refractivity (Wildman–Crippen MR) is 121 cm³/mol. The molecule has 0 spiro atoms. The normalized spacial score (nSPS) is 11.9. The molecule has 0 fully saturated rings. The van der Waals surface area contributed by atoms with Crippen LogP contribution >= 0.6 is 11.8 Å². The Balaban J connectivity index is 1.60. The third-order valence-electron chi connectivity index (χ3n) is 4.69. The molecule has 3 rings (SSSR count). The quantitative estimate of drug-likeness (QED) is 0.449. The summed E-state index contributed by atoms with van der Waals surface area (Å²) in [5.74, 6) is 1.16. The van der Waals surface area contributed by atoms with Crippen LogP contribution in [0, 0.1) is 5.82 Å². The van der Waals surface area contributed by atoms with Gasteiger partial charge in [0.2, 0.25) is 5.91 Å². The van der Waals surface area contributed by atoms with Gasteiger partial charge in [-0.25, -0.2) is 4.39 Å². The number of carbonyl (C=O) groups is 1. The number of thioether (sulfide) groups is 1. The Hall–Kier alpha value is -3.07. The van der Waals surface area contributed by atoms with Crippen molar-refractivity contribution in [1.29, 1.82) is 0 Å². The van der Waals surface area contributed by atoms with Crippen LogP contribution in [0.2, 0.25) is 0 Å². The summed E-state index contributed by atoms with van der Waals surface area (Å²) in [4.78, 5) is 12.3. The minimum atomic E-state index is -0.514. The van der Waals surface area contributed by atoms with Crippen molar-refractivity contribution in [1.82, 2.24) is 20.1 Å². The van der Waals surface area contributed by atoms with Crippen molar-refractivity contribution in [3.8, 4) is 11.5 Å². The highest BCUT2D eigenvalue weighted by Gasteiger charge is 2.22. The van der Waals surface area contributed by atoms with Crippen molar-refractivity contribution in [3.05, 3.63) is 65.7 Å². The number of nitrogens with zero attached hydrogens (tertiary/aromatic N) is 3. The fourth-order valence-corrected chi connectivity index (χ4v) is 3.96. The molecule has 2 aromatic carbocycles. The highest BCUT2D eigenvalue weighted by atomic mass is 32.2. The summed E-state index contributed by atoms with van der Waals surface area (Å²) in [5.41, 5.74) is 0.982. The molecular weight excluding hydrogens is 431 g/mol. The fraction of sp³-hybridized carbons (Fsp3) is 0.348. The van der Waals surface area contributed by atoms with Gasteiger partial charge in [0.1, 0.15) is 5.75 Å². The number of amides is 1. The van der Waals surface area contributed by atoms with Crippen molar-refractivity contribution in [2.24, 2.45) is 0 Å². The van der Waals surface area contributed by atoms with Gasteiger partial charge in [0, 0.05) is 12.6 Å². The van der Waals surface area contributed by atoms with Gasteiger partial charge in [-0.1, -0.05) is 36.0 Å². The molecule has 1 aromatic heterocycles. The van der Waals surface area contributed by atoms with E-state index in [1.807, 2.05) is 42.7 Å². The van der Waals surface area contributed by atoms with Crippen molar-refractivity contribution < 1.29 is 18.7 Å². The SMILES string of the molecule is COc1ccc(CNC(=O)CSc2nnc(C(C)Oc3ccccc3F)n2C(C)C)cc1. The van der Waals surface area contributed by atoms with E-state index in [2.05, 4.69) is 15.5 Å². The molecule has 0 aliphatic heterocycles. The number of nitrogens with one attached hydrogen (secondary N) is 1. The number of methoxy groups -OCH3 is 1. The number of para-hydroxylation sites is 1. The van der Waals surface area contributed by atoms with Gasteiger partial charge in [-0.2, -0.15) is 0 Å². The van der Waals surface area contributed by atoms with E-state index in [1.54, 1.807) is 32.2 Å². The van der Waals surface area contributed by atoms with Gasteiger partial charge in [0.05, 0.1) is 12.9 Å². The van der Waals surface area contributed by atoms with Crippen molar-refractivity contribution in [2.45, 2.75) is 44.6 Å². The Kier molecular flexibility index (Phi) is 8.10. The van der Waals surface area contributed by atoms with E-state index in [-0.39, 0.29) is 23.5 Å². The summed E-state index contributed by atoms with van der Waals surface area (Å²) in [5, 5.41) is 12.0. The van der Waals surface area contributed by atoms with Crippen LogP contribution in [0.15, 0.2) is 53.7 Å². The first kappa shape index (κ1) is 23.6. The molecule has 0 bridgehead atoms. The van der Waals surface area contributed by atoms with Gasteiger partial charge in [-0.15, -0.1) is 10.2 Å². The maximum atomic E-state index is 14.0. The molecule has 0 aliphatic carbocycles. The minimum Gasteiger partial charge on any atom is -0.497 e. The smallest absolute Gasteiger partial charge is 0.230 e. The third kappa shape index (κ3) is 6.00. The summed E-state index contributed by atoms with van der Waals surface area (Å²) in [6, 6.07) is 13.8. The molecule has 1 unspecified atom stereocenters. The molecule has 0 aliphatic rings. The predicted octanol–water partition coefficient (Wildman–Crippen LogP) is 4.56. The summed E-state index contributed by atoms with van der Waals surface area (Å²) in [7, 11) is 1.61. The van der Waals surface area contributed by atoms with Gasteiger partial charge >= 0.3 is 0 Å². The van der Waals surface area contributed by atoms with E-state index >= 15 is 0 Å². The Bertz CT molecular complexity index is 1040. The highest BCUT2D eigenvalue weighted by Crippen LogP contribution is 2.28. The van der Waals surface area contributed by atoms with E-state index in [9.17, 15) is 9.18 Å². The van der Waals surface area contributed by atoms with E-state index in [0.29, 0.717) is 17.5 Å². The van der Waals surface area contributed by atoms with Crippen LogP contribution in [0.4, 0.5) is 4.39 Å². The van der Waals surface area contributed by atoms with Crippen LogP contribution in [0.1, 0.15) is 44.3 Å². The molecule has 7 nitrogen and oxygen atoms in total. The molecule has 1 amide bonds. The zero-order chi connectivity index (χ0) is 23.1. The molecule has 1 heterocycles. The third-order valence-corrected chi connectivity index (χ3v) is 5.64. The standard InChI is InChI=1S/C23H27FN4O3S/c1-15(2)28-22(16(3)31-20-8-6-5-7-19(20)24)26-27-23(28)32-14-21(29)25-13-17-9-11-18(30-4)12-10-17/h5-12,15-16H,13-14H2,1-4H3,(H,25,29). The molecule has 1 atom stereocenters. The monoisotopic (exact) mass is 458 g/mol. The van der Waals surface area contributed by atoms with Crippen molar-refractivity contribution in [3.63, 3.8) is 0 Å². The number of halogens is 1. The van der Waals surface area contributed by atoms with Crippen LogP contribution in [0.25, 0.3) is 0 Å². The number of carbonyl (C=O) groups excluding carboxylic acids is 1. The number of aromatic nitrogens is 3. The summed E-state index contributed by atoms with van der Waals surface area (Å²) < 4.78 is 26.8. The Labute approximate surface area is 191 Å². The van der Waals surface area contributed by atoms with Crippen molar-refractivity contribution in [2.75, 3.05) is 12.9 Å². The van der Waals surface area contributed by atoms with E-state index in [1.165, 1.54) is 17.8 Å². The Morgan fingerprint density at radius 3 is 2.50 bits per heavy atom. The second-order valence-electron chi connectivity index (χ2n) is 7.41. The second kappa shape index (κ2) is 11.0. The van der Waals surface area contributed by atoms with Gasteiger partial charge in [-0.05, 0) is 50.6 Å². The average molecular weight is 459 g/mol. The van der Waals surface area contributed by atoms with Crippen LogP contribution in [-0.2, 0) is 11.3 Å². The number of hydrogen-bond acceptors (Lipinski definition) is 6. The van der Waals surface area contributed by atoms with Gasteiger partial charge < -0.3 is 19.4 Å². The summed E-state index contributed by atoms with van der Waals surface area (Å²) >= 11 is 1.30. The van der Waals surface area contributed by atoms with E-state index < -0.39 is 11.9 Å². The lowest BCUT2D eigenvalue weighted by Crippen LogP contribution is -2.24. The molecule has 0 radical (unpaired) electrons. The molecule has 1 N–H and O–H groups in total. The molecular formula is C23H27FN4O3S. The van der Waals surface area contributed by atoms with Crippen LogP contribution < -0.4 is 14.8 Å². The molecule has 9 heteroatoms. The number of benzene rings is 2. The fourth-order valence-electron chi connectivity index (χ4n) is 3.06. The number of hydrogen-bond donors (Lipinski definition) is 1. The first-order valence-corrected chi connectivity index (χ1v) is 11.3. The van der Waals surface area contributed by atoms with Gasteiger partial charge in [-0.3, -0.25) is 4.79 Å². The molecule has 3 aromatic rings. The Morgan fingerprint density at radius 1 is 1.12 bits per heavy atom. The van der Waals surface area contributed by atoms with E-state index in [4.69, 9.17) is 9.47 Å². The van der Waals surface area contributed by atoms with Crippen LogP contribution in [0.5, 0.6) is 11.5 Å². The zero-order valence-electron chi connectivity index (χ0n) is 18.5.